The second kappa shape index (κ2) is 11.0. The van der Waals surface area contributed by atoms with Crippen LogP contribution in [0.15, 0.2) is 42.5 Å². The lowest BCUT2D eigenvalue weighted by Crippen LogP contribution is -2.42. The molecule has 3 N–H and O–H groups in total. The molecule has 2 aromatic carbocycles. The molecule has 2 amide bonds. The number of amides is 2. The van der Waals surface area contributed by atoms with Crippen LogP contribution in [0, 0.1) is 0 Å². The van der Waals surface area contributed by atoms with E-state index in [1.165, 1.54) is 18.2 Å². The number of alkyl halides is 3. The van der Waals surface area contributed by atoms with E-state index in [4.69, 9.17) is 9.47 Å². The van der Waals surface area contributed by atoms with Crippen molar-refractivity contribution in [1.82, 2.24) is 10.6 Å². The Balaban J connectivity index is 1.73. The molecule has 2 atom stereocenters. The predicted octanol–water partition coefficient (Wildman–Crippen LogP) is 4.36. The van der Waals surface area contributed by atoms with Gasteiger partial charge in [-0.15, -0.1) is 13.2 Å². The summed E-state index contributed by atoms with van der Waals surface area (Å²) >= 11 is 0. The van der Waals surface area contributed by atoms with Crippen molar-refractivity contribution in [3.05, 3.63) is 59.2 Å². The number of hydrogen-bond donors (Lipinski definition) is 3. The molecule has 1 aliphatic heterocycles. The van der Waals surface area contributed by atoms with Crippen molar-refractivity contribution in [3.63, 3.8) is 0 Å². The van der Waals surface area contributed by atoms with Crippen LogP contribution < -0.4 is 20.1 Å². The van der Waals surface area contributed by atoms with E-state index < -0.39 is 47.8 Å². The topological polar surface area (TPSA) is 123 Å². The zero-order chi connectivity index (χ0) is 27.4. The molecule has 1 heterocycles. The van der Waals surface area contributed by atoms with Crippen LogP contribution in [0.1, 0.15) is 54.7 Å². The quantitative estimate of drug-likeness (QED) is 0.492. The van der Waals surface area contributed by atoms with Crippen molar-refractivity contribution in [2.75, 3.05) is 6.61 Å². The van der Waals surface area contributed by atoms with Crippen molar-refractivity contribution in [1.29, 1.82) is 0 Å². The number of para-hydroxylation sites is 1. The molecule has 200 valence electrons. The molecule has 0 aromatic heterocycles. The van der Waals surface area contributed by atoms with Gasteiger partial charge in [0.2, 0.25) is 0 Å². The van der Waals surface area contributed by atoms with Crippen LogP contribution in [0.2, 0.25) is 0 Å². The fourth-order valence-electron chi connectivity index (χ4n) is 3.70. The third-order valence-corrected chi connectivity index (χ3v) is 5.21. The Morgan fingerprint density at radius 2 is 1.78 bits per heavy atom. The summed E-state index contributed by atoms with van der Waals surface area (Å²) < 4.78 is 51.9. The summed E-state index contributed by atoms with van der Waals surface area (Å²) in [6, 6.07) is 7.55. The van der Waals surface area contributed by atoms with Crippen molar-refractivity contribution in [3.8, 4) is 11.5 Å². The molecule has 0 saturated carbocycles. The van der Waals surface area contributed by atoms with Gasteiger partial charge in [-0.3, -0.25) is 4.79 Å². The van der Waals surface area contributed by atoms with Gasteiger partial charge in [0.05, 0.1) is 18.2 Å². The second-order valence-electron chi connectivity index (χ2n) is 9.32. The van der Waals surface area contributed by atoms with Gasteiger partial charge in [0.1, 0.15) is 23.1 Å². The first kappa shape index (κ1) is 27.6. The van der Waals surface area contributed by atoms with Gasteiger partial charge >= 0.3 is 18.4 Å². The van der Waals surface area contributed by atoms with E-state index >= 15 is 0 Å². The van der Waals surface area contributed by atoms with Crippen molar-refractivity contribution in [2.45, 2.75) is 57.7 Å². The molecule has 0 aliphatic carbocycles. The van der Waals surface area contributed by atoms with E-state index in [0.717, 1.165) is 12.1 Å². The largest absolute Gasteiger partial charge is 0.573 e. The smallest absolute Gasteiger partial charge is 0.492 e. The first-order chi connectivity index (χ1) is 17.2. The molecular formula is C25H27F3N2O7. The van der Waals surface area contributed by atoms with Crippen LogP contribution in [0.4, 0.5) is 18.0 Å². The summed E-state index contributed by atoms with van der Waals surface area (Å²) in [6.45, 7) is 5.40. The van der Waals surface area contributed by atoms with Gasteiger partial charge in [-0.1, -0.05) is 24.3 Å². The van der Waals surface area contributed by atoms with E-state index in [9.17, 15) is 32.7 Å². The summed E-state index contributed by atoms with van der Waals surface area (Å²) in [5, 5.41) is 14.8. The Labute approximate surface area is 210 Å². The van der Waals surface area contributed by atoms with Crippen LogP contribution in [-0.4, -0.2) is 47.7 Å². The van der Waals surface area contributed by atoms with E-state index in [1.54, 1.807) is 32.9 Å². The van der Waals surface area contributed by atoms with Crippen molar-refractivity contribution >= 4 is 18.0 Å². The summed E-state index contributed by atoms with van der Waals surface area (Å²) in [4.78, 5) is 37.1. The molecule has 1 aliphatic rings. The molecule has 12 heteroatoms. The van der Waals surface area contributed by atoms with Gasteiger partial charge in [-0.05, 0) is 44.5 Å². The van der Waals surface area contributed by atoms with Gasteiger partial charge in [-0.25, -0.2) is 9.59 Å². The van der Waals surface area contributed by atoms with Gasteiger partial charge in [0, 0.05) is 18.4 Å². The lowest BCUT2D eigenvalue weighted by atomic mass is 9.97. The number of hydrogen-bond acceptors (Lipinski definition) is 6. The van der Waals surface area contributed by atoms with E-state index in [-0.39, 0.29) is 24.3 Å². The Morgan fingerprint density at radius 3 is 2.38 bits per heavy atom. The number of fused-ring (bicyclic) bond motifs is 1. The maximum absolute atomic E-state index is 13.0. The van der Waals surface area contributed by atoms with Crippen LogP contribution in [0.5, 0.6) is 11.5 Å². The molecule has 2 aromatic rings. The summed E-state index contributed by atoms with van der Waals surface area (Å²) in [6.07, 6.45) is -5.23. The number of benzene rings is 2. The number of carboxylic acid groups (broad SMARTS) is 1. The average Bonchev–Trinajstić information content (AvgIpc) is 2.77. The normalized spacial score (nSPS) is 16.0. The highest BCUT2D eigenvalue weighted by Crippen LogP contribution is 2.35. The van der Waals surface area contributed by atoms with Crippen LogP contribution in [0.25, 0.3) is 0 Å². The SMILES string of the molecule is CC(C)(C)OC(=O)NC1CCOc2c(C(=O)N[C@@H](Cc3ccc(OC(F)(F)F)cc3)C(=O)O)cccc21. The monoisotopic (exact) mass is 524 g/mol. The molecule has 0 spiro atoms. The lowest BCUT2D eigenvalue weighted by molar-refractivity contribution is -0.274. The number of halogens is 3. The zero-order valence-corrected chi connectivity index (χ0v) is 20.3. The number of ether oxygens (including phenoxy) is 3. The molecule has 0 fully saturated rings. The number of carbonyl (C=O) groups is 3. The highest BCUT2D eigenvalue weighted by atomic mass is 19.4. The standard InChI is InChI=1S/C25H27F3N2O7/c1-24(2,3)37-23(34)30-18-11-12-35-20-16(18)5-4-6-17(20)21(31)29-19(22(32)33)13-14-7-9-15(10-8-14)36-25(26,27)28/h4-10,18-19H,11-13H2,1-3H3,(H,29,31)(H,30,34)(H,32,33)/t18?,19-/m0/s1. The van der Waals surface area contributed by atoms with Gasteiger partial charge in [0.15, 0.2) is 0 Å². The number of aliphatic carboxylic acids is 1. The van der Waals surface area contributed by atoms with Crippen LogP contribution >= 0.6 is 0 Å². The fourth-order valence-corrected chi connectivity index (χ4v) is 3.70. The maximum Gasteiger partial charge on any atom is 0.573 e. The molecule has 0 radical (unpaired) electrons. The molecule has 3 rings (SSSR count). The van der Waals surface area contributed by atoms with Crippen molar-refractivity contribution in [2.24, 2.45) is 0 Å². The molecule has 0 saturated heterocycles. The number of carbonyl (C=O) groups excluding carboxylic acids is 2. The van der Waals surface area contributed by atoms with E-state index in [0.29, 0.717) is 17.5 Å². The Kier molecular flexibility index (Phi) is 8.19. The predicted molar refractivity (Wildman–Crippen MR) is 124 cm³/mol. The molecule has 0 bridgehead atoms. The van der Waals surface area contributed by atoms with E-state index in [1.807, 2.05) is 0 Å². The molecule has 9 nitrogen and oxygen atoms in total. The van der Waals surface area contributed by atoms with Crippen LogP contribution in [-0.2, 0) is 16.0 Å². The summed E-state index contributed by atoms with van der Waals surface area (Å²) in [7, 11) is 0. The number of nitrogens with one attached hydrogen (secondary N) is 2. The molecular weight excluding hydrogens is 497 g/mol. The van der Waals surface area contributed by atoms with Gasteiger partial charge in [-0.2, -0.15) is 0 Å². The Hall–Kier alpha value is -3.96. The third-order valence-electron chi connectivity index (χ3n) is 5.21. The molecule has 37 heavy (non-hydrogen) atoms. The summed E-state index contributed by atoms with van der Waals surface area (Å²) in [5.41, 5.74) is 0.289. The van der Waals surface area contributed by atoms with Gasteiger partial charge < -0.3 is 30.0 Å². The third kappa shape index (κ3) is 8.02. The van der Waals surface area contributed by atoms with Crippen LogP contribution in [0.3, 0.4) is 0 Å². The number of rotatable bonds is 7. The summed E-state index contributed by atoms with van der Waals surface area (Å²) in [5.74, 6) is -2.29. The van der Waals surface area contributed by atoms with Gasteiger partial charge in [0.25, 0.3) is 5.91 Å². The van der Waals surface area contributed by atoms with Crippen molar-refractivity contribution < 1.29 is 46.9 Å². The zero-order valence-electron chi connectivity index (χ0n) is 20.3. The first-order valence-electron chi connectivity index (χ1n) is 11.4. The lowest BCUT2D eigenvalue weighted by Gasteiger charge is -2.29. The minimum absolute atomic E-state index is 0.0772. The number of alkyl carbamates (subject to hydrolysis) is 1. The second-order valence-corrected chi connectivity index (χ2v) is 9.32. The highest BCUT2D eigenvalue weighted by molar-refractivity contribution is 5.99. The van der Waals surface area contributed by atoms with E-state index in [2.05, 4.69) is 15.4 Å². The molecule has 1 unspecified atom stereocenters. The maximum atomic E-state index is 13.0. The Bertz CT molecular complexity index is 1140. The Morgan fingerprint density at radius 1 is 1.11 bits per heavy atom. The minimum Gasteiger partial charge on any atom is -0.492 e. The first-order valence-corrected chi connectivity index (χ1v) is 11.4. The fraction of sp³-hybridized carbons (Fsp3) is 0.400. The number of carboxylic acids is 1. The highest BCUT2D eigenvalue weighted by Gasteiger charge is 2.32. The minimum atomic E-state index is -4.85. The average molecular weight is 524 g/mol.